The molecule has 1 rings (SSSR count). The Morgan fingerprint density at radius 2 is 2.09 bits per heavy atom. The highest BCUT2D eigenvalue weighted by Crippen LogP contribution is 2.21. The van der Waals surface area contributed by atoms with E-state index in [4.69, 9.17) is 5.11 Å². The zero-order chi connectivity index (χ0) is 8.27. The molecule has 1 N–H and O–H groups in total. The van der Waals surface area contributed by atoms with Crippen LogP contribution in [0.2, 0.25) is 0 Å². The molecule has 1 aromatic rings. The molecule has 0 aliphatic heterocycles. The summed E-state index contributed by atoms with van der Waals surface area (Å²) in [6.07, 6.45) is 0. The van der Waals surface area contributed by atoms with Gasteiger partial charge in [-0.3, -0.25) is 0 Å². The van der Waals surface area contributed by atoms with Crippen molar-refractivity contribution in [1.82, 2.24) is 0 Å². The van der Waals surface area contributed by atoms with Gasteiger partial charge in [-0.05, 0) is 30.3 Å². The van der Waals surface area contributed by atoms with Crippen LogP contribution in [-0.4, -0.2) is 10.4 Å². The summed E-state index contributed by atoms with van der Waals surface area (Å²) in [4.78, 5) is 11.1. The molecular formula is C8H8O2S. The monoisotopic (exact) mass is 168 g/mol. The normalized spacial score (nSPS) is 9.55. The van der Waals surface area contributed by atoms with Crippen molar-refractivity contribution in [3.8, 4) is 0 Å². The van der Waals surface area contributed by atoms with Crippen molar-refractivity contribution in [2.24, 2.45) is 0 Å². The molecule has 0 amide bonds. The highest BCUT2D eigenvalue weighted by atomic mass is 32.2. The molecule has 0 aliphatic rings. The predicted molar refractivity (Wildman–Crippen MR) is 45.1 cm³/mol. The zero-order valence-electron chi connectivity index (χ0n) is 6.07. The van der Waals surface area contributed by atoms with Crippen molar-refractivity contribution >= 4 is 17.1 Å². The first kappa shape index (κ1) is 8.14. The molecule has 0 saturated carbocycles. The summed E-state index contributed by atoms with van der Waals surface area (Å²) in [5.74, 6) is 0. The van der Waals surface area contributed by atoms with Crippen LogP contribution in [0.5, 0.6) is 0 Å². The smallest absolute Gasteiger partial charge is 0.369 e. The van der Waals surface area contributed by atoms with Gasteiger partial charge >= 0.3 is 5.30 Å². The molecule has 2 nitrogen and oxygen atoms in total. The van der Waals surface area contributed by atoms with E-state index in [1.807, 2.05) is 25.1 Å². The van der Waals surface area contributed by atoms with Crippen LogP contribution in [-0.2, 0) is 0 Å². The Kier molecular flexibility index (Phi) is 2.54. The van der Waals surface area contributed by atoms with E-state index in [2.05, 4.69) is 0 Å². The van der Waals surface area contributed by atoms with Crippen LogP contribution in [0, 0.1) is 6.92 Å². The largest absolute Gasteiger partial charge is 0.473 e. The number of aryl methyl sites for hydroxylation is 1. The van der Waals surface area contributed by atoms with E-state index in [-0.39, 0.29) is 0 Å². The topological polar surface area (TPSA) is 37.3 Å². The van der Waals surface area contributed by atoms with Crippen molar-refractivity contribution in [3.63, 3.8) is 0 Å². The van der Waals surface area contributed by atoms with Gasteiger partial charge < -0.3 is 5.11 Å². The van der Waals surface area contributed by atoms with Crippen LogP contribution < -0.4 is 0 Å². The highest BCUT2D eigenvalue weighted by Gasteiger charge is 2.02. The Balaban J connectivity index is 2.86. The highest BCUT2D eigenvalue weighted by molar-refractivity contribution is 8.13. The average Bonchev–Trinajstić information content (AvgIpc) is 1.93. The van der Waals surface area contributed by atoms with Gasteiger partial charge in [-0.25, -0.2) is 4.79 Å². The third-order valence-electron chi connectivity index (χ3n) is 1.29. The SMILES string of the molecule is Cc1ccccc1SC(=O)O. The van der Waals surface area contributed by atoms with E-state index < -0.39 is 5.30 Å². The summed E-state index contributed by atoms with van der Waals surface area (Å²) >= 11 is 0.842. The second kappa shape index (κ2) is 3.44. The maximum absolute atomic E-state index is 10.3. The van der Waals surface area contributed by atoms with Crippen molar-refractivity contribution in [3.05, 3.63) is 29.8 Å². The van der Waals surface area contributed by atoms with Crippen LogP contribution in [0.4, 0.5) is 4.79 Å². The molecule has 3 heteroatoms. The Hall–Kier alpha value is -0.960. The van der Waals surface area contributed by atoms with E-state index in [0.717, 1.165) is 22.2 Å². The summed E-state index contributed by atoms with van der Waals surface area (Å²) < 4.78 is 0. The summed E-state index contributed by atoms with van der Waals surface area (Å²) in [5, 5.41) is 7.59. The molecule has 0 fully saturated rings. The number of carboxylic acid groups (broad SMARTS) is 1. The molecule has 0 atom stereocenters. The Labute approximate surface area is 69.2 Å². The lowest BCUT2D eigenvalue weighted by molar-refractivity contribution is 0.222. The van der Waals surface area contributed by atoms with Gasteiger partial charge in [-0.2, -0.15) is 0 Å². The van der Waals surface area contributed by atoms with Gasteiger partial charge in [0.05, 0.1) is 0 Å². The number of hydrogen-bond donors (Lipinski definition) is 1. The number of carbonyl (C=O) groups is 1. The average molecular weight is 168 g/mol. The predicted octanol–water partition coefficient (Wildman–Crippen LogP) is 2.77. The van der Waals surface area contributed by atoms with Crippen molar-refractivity contribution < 1.29 is 9.90 Å². The molecule has 0 aromatic heterocycles. The fourth-order valence-corrected chi connectivity index (χ4v) is 1.33. The van der Waals surface area contributed by atoms with Crippen molar-refractivity contribution in [2.75, 3.05) is 0 Å². The minimum Gasteiger partial charge on any atom is -0.473 e. The number of rotatable bonds is 1. The number of benzene rings is 1. The molecule has 58 valence electrons. The summed E-state index contributed by atoms with van der Waals surface area (Å²) in [6.45, 7) is 1.89. The Bertz CT molecular complexity index is 271. The molecule has 0 heterocycles. The van der Waals surface area contributed by atoms with Crippen LogP contribution >= 0.6 is 11.8 Å². The molecule has 0 saturated heterocycles. The minimum atomic E-state index is -0.862. The van der Waals surface area contributed by atoms with E-state index in [1.54, 1.807) is 6.07 Å². The number of hydrogen-bond acceptors (Lipinski definition) is 2. The fraction of sp³-hybridized carbons (Fsp3) is 0.125. The Morgan fingerprint density at radius 1 is 1.45 bits per heavy atom. The molecule has 11 heavy (non-hydrogen) atoms. The molecule has 0 radical (unpaired) electrons. The molecule has 0 aliphatic carbocycles. The van der Waals surface area contributed by atoms with Gasteiger partial charge in [-0.15, -0.1) is 0 Å². The van der Waals surface area contributed by atoms with Crippen molar-refractivity contribution in [2.45, 2.75) is 11.8 Å². The molecular weight excluding hydrogens is 160 g/mol. The third kappa shape index (κ3) is 2.27. The molecule has 0 bridgehead atoms. The third-order valence-corrected chi connectivity index (χ3v) is 2.14. The fourth-order valence-electron chi connectivity index (χ4n) is 0.765. The first-order chi connectivity index (χ1) is 5.20. The van der Waals surface area contributed by atoms with Crippen LogP contribution in [0.15, 0.2) is 29.2 Å². The number of thioether (sulfide) groups is 1. The van der Waals surface area contributed by atoms with Crippen LogP contribution in [0.3, 0.4) is 0 Å². The van der Waals surface area contributed by atoms with Gasteiger partial charge in [0.15, 0.2) is 0 Å². The summed E-state index contributed by atoms with van der Waals surface area (Å²) in [5.41, 5.74) is 1.000. The van der Waals surface area contributed by atoms with Gasteiger partial charge in [0, 0.05) is 4.90 Å². The first-order valence-corrected chi connectivity index (χ1v) is 3.98. The lowest BCUT2D eigenvalue weighted by Crippen LogP contribution is -1.85. The van der Waals surface area contributed by atoms with E-state index in [0.29, 0.717) is 0 Å². The standard InChI is InChI=1S/C8H8O2S/c1-6-4-2-3-5-7(6)11-8(9)10/h2-5H,1H3,(H,9,10). The summed E-state index contributed by atoms with van der Waals surface area (Å²) in [6, 6.07) is 7.42. The minimum absolute atomic E-state index is 0.806. The summed E-state index contributed by atoms with van der Waals surface area (Å²) in [7, 11) is 0. The van der Waals surface area contributed by atoms with Crippen LogP contribution in [0.25, 0.3) is 0 Å². The lowest BCUT2D eigenvalue weighted by atomic mass is 10.2. The quantitative estimate of drug-likeness (QED) is 0.655. The van der Waals surface area contributed by atoms with E-state index in [9.17, 15) is 4.79 Å². The van der Waals surface area contributed by atoms with Gasteiger partial charge in [0.2, 0.25) is 0 Å². The van der Waals surface area contributed by atoms with Crippen molar-refractivity contribution in [1.29, 1.82) is 0 Å². The molecule has 0 spiro atoms. The van der Waals surface area contributed by atoms with E-state index >= 15 is 0 Å². The van der Waals surface area contributed by atoms with Gasteiger partial charge in [0.25, 0.3) is 0 Å². The lowest BCUT2D eigenvalue weighted by Gasteiger charge is -1.98. The second-order valence-electron chi connectivity index (χ2n) is 2.13. The Morgan fingerprint density at radius 3 is 2.64 bits per heavy atom. The van der Waals surface area contributed by atoms with Gasteiger partial charge in [0.1, 0.15) is 0 Å². The molecule has 1 aromatic carbocycles. The van der Waals surface area contributed by atoms with Crippen LogP contribution in [0.1, 0.15) is 5.56 Å². The molecule has 0 unspecified atom stereocenters. The maximum Gasteiger partial charge on any atom is 0.369 e. The van der Waals surface area contributed by atoms with E-state index in [1.165, 1.54) is 0 Å². The maximum atomic E-state index is 10.3. The second-order valence-corrected chi connectivity index (χ2v) is 3.13. The first-order valence-electron chi connectivity index (χ1n) is 3.16. The zero-order valence-corrected chi connectivity index (χ0v) is 6.89. The van der Waals surface area contributed by atoms with Gasteiger partial charge in [-0.1, -0.05) is 18.2 Å².